The Hall–Kier alpha value is -1.43. The van der Waals surface area contributed by atoms with E-state index in [0.29, 0.717) is 5.56 Å². The quantitative estimate of drug-likeness (QED) is 0.490. The number of carbonyl (C=O) groups is 1. The van der Waals surface area contributed by atoms with Crippen LogP contribution in [0.5, 0.6) is 0 Å². The topological polar surface area (TPSA) is 39.2 Å². The lowest BCUT2D eigenvalue weighted by Gasteiger charge is -2.04. The van der Waals surface area contributed by atoms with Gasteiger partial charge < -0.3 is 4.74 Å². The highest BCUT2D eigenvalue weighted by Gasteiger charge is 2.07. The van der Waals surface area contributed by atoms with Gasteiger partial charge in [0.2, 0.25) is 0 Å². The molecule has 1 aromatic heterocycles. The maximum Gasteiger partial charge on any atom is 0.340 e. The highest BCUT2D eigenvalue weighted by atomic mass is 127. The molecule has 0 bridgehead atoms. The van der Waals surface area contributed by atoms with Crippen molar-refractivity contribution >= 4 is 28.6 Å². The average Bonchev–Trinajstić information content (AvgIpc) is 2.38. The Kier molecular flexibility index (Phi) is 4.08. The Bertz CT molecular complexity index is 497. The van der Waals surface area contributed by atoms with E-state index in [1.807, 2.05) is 30.3 Å². The number of hydrogen-bond acceptors (Lipinski definition) is 3. The summed E-state index contributed by atoms with van der Waals surface area (Å²) in [5.41, 5.74) is 1.45. The summed E-state index contributed by atoms with van der Waals surface area (Å²) in [6.45, 7) is 0.283. The minimum Gasteiger partial charge on any atom is -0.457 e. The fourth-order valence-corrected chi connectivity index (χ4v) is 1.62. The molecule has 0 amide bonds. The lowest BCUT2D eigenvalue weighted by molar-refractivity contribution is 0.0472. The van der Waals surface area contributed by atoms with Crippen molar-refractivity contribution in [3.8, 4) is 0 Å². The molecule has 17 heavy (non-hydrogen) atoms. The molecular weight excluding hydrogens is 329 g/mol. The van der Waals surface area contributed by atoms with E-state index in [9.17, 15) is 4.79 Å². The third kappa shape index (κ3) is 3.52. The number of aromatic nitrogens is 1. The highest BCUT2D eigenvalue weighted by Crippen LogP contribution is 2.07. The van der Waals surface area contributed by atoms with Crippen LogP contribution in [-0.4, -0.2) is 11.0 Å². The zero-order valence-electron chi connectivity index (χ0n) is 8.97. The molecule has 0 atom stereocenters. The van der Waals surface area contributed by atoms with E-state index in [4.69, 9.17) is 4.74 Å². The Labute approximate surface area is 113 Å². The third-order valence-corrected chi connectivity index (χ3v) is 2.81. The first-order valence-corrected chi connectivity index (χ1v) is 6.16. The van der Waals surface area contributed by atoms with Crippen LogP contribution in [0.3, 0.4) is 0 Å². The summed E-state index contributed by atoms with van der Waals surface area (Å²) >= 11 is 2.09. The minimum atomic E-state index is -0.349. The van der Waals surface area contributed by atoms with E-state index in [1.54, 1.807) is 12.1 Å². The molecule has 3 nitrogen and oxygen atoms in total. The summed E-state index contributed by atoms with van der Waals surface area (Å²) in [6.07, 6.45) is 1.52. The molecule has 0 aliphatic carbocycles. The van der Waals surface area contributed by atoms with Gasteiger partial charge in [-0.1, -0.05) is 30.3 Å². The number of ether oxygens (including phenoxy) is 1. The van der Waals surface area contributed by atoms with Gasteiger partial charge in [-0.15, -0.1) is 0 Å². The van der Waals surface area contributed by atoms with Crippen molar-refractivity contribution in [3.05, 3.63) is 63.5 Å². The van der Waals surface area contributed by atoms with Crippen molar-refractivity contribution in [2.24, 2.45) is 0 Å². The normalized spacial score (nSPS) is 9.94. The zero-order chi connectivity index (χ0) is 12.1. The Morgan fingerprint density at radius 2 is 1.94 bits per heavy atom. The molecule has 0 saturated carbocycles. The molecule has 0 radical (unpaired) electrons. The van der Waals surface area contributed by atoms with Crippen molar-refractivity contribution in [2.45, 2.75) is 6.61 Å². The molecule has 0 saturated heterocycles. The van der Waals surface area contributed by atoms with Crippen LogP contribution >= 0.6 is 22.6 Å². The van der Waals surface area contributed by atoms with Gasteiger partial charge in [-0.2, -0.15) is 0 Å². The molecule has 2 aromatic rings. The molecular formula is C13H10INO2. The maximum atomic E-state index is 11.7. The largest absolute Gasteiger partial charge is 0.457 e. The molecule has 2 rings (SSSR count). The van der Waals surface area contributed by atoms with Gasteiger partial charge in [0, 0.05) is 6.20 Å². The summed E-state index contributed by atoms with van der Waals surface area (Å²) < 4.78 is 6.02. The second-order valence-electron chi connectivity index (χ2n) is 3.43. The first kappa shape index (κ1) is 12.0. The molecule has 0 N–H and O–H groups in total. The van der Waals surface area contributed by atoms with Crippen LogP contribution in [0.1, 0.15) is 15.9 Å². The number of halogens is 1. The van der Waals surface area contributed by atoms with Crippen LogP contribution in [-0.2, 0) is 11.3 Å². The Morgan fingerprint density at radius 3 is 2.59 bits per heavy atom. The molecule has 1 aromatic carbocycles. The van der Waals surface area contributed by atoms with Crippen molar-refractivity contribution < 1.29 is 9.53 Å². The molecule has 0 unspecified atom stereocenters. The third-order valence-electron chi connectivity index (χ3n) is 2.18. The smallest absolute Gasteiger partial charge is 0.340 e. The number of rotatable bonds is 3. The molecule has 0 aliphatic heterocycles. The number of hydrogen-bond donors (Lipinski definition) is 0. The van der Waals surface area contributed by atoms with Crippen molar-refractivity contribution in [3.63, 3.8) is 0 Å². The van der Waals surface area contributed by atoms with Crippen molar-refractivity contribution in [1.29, 1.82) is 0 Å². The lowest BCUT2D eigenvalue weighted by Crippen LogP contribution is -2.05. The molecule has 86 valence electrons. The van der Waals surface area contributed by atoms with Gasteiger partial charge in [0.25, 0.3) is 0 Å². The fraction of sp³-hybridized carbons (Fsp3) is 0.0769. The van der Waals surface area contributed by atoms with Crippen LogP contribution in [0.4, 0.5) is 0 Å². The van der Waals surface area contributed by atoms with Crippen LogP contribution in [0, 0.1) is 3.70 Å². The first-order chi connectivity index (χ1) is 8.25. The van der Waals surface area contributed by atoms with Gasteiger partial charge in [-0.3, -0.25) is 0 Å². The molecule has 4 heteroatoms. The van der Waals surface area contributed by atoms with Gasteiger partial charge in [-0.25, -0.2) is 9.78 Å². The Balaban J connectivity index is 1.96. The molecule has 1 heterocycles. The first-order valence-electron chi connectivity index (χ1n) is 5.08. The van der Waals surface area contributed by atoms with Crippen LogP contribution in [0.25, 0.3) is 0 Å². The number of benzene rings is 1. The highest BCUT2D eigenvalue weighted by molar-refractivity contribution is 14.1. The summed E-state index contributed by atoms with van der Waals surface area (Å²) in [4.78, 5) is 15.7. The molecule has 0 fully saturated rings. The maximum absolute atomic E-state index is 11.7. The van der Waals surface area contributed by atoms with Crippen molar-refractivity contribution in [1.82, 2.24) is 4.98 Å². The second kappa shape index (κ2) is 5.77. The predicted octanol–water partition coefficient (Wildman–Crippen LogP) is 3.04. The van der Waals surface area contributed by atoms with Gasteiger partial charge in [0.15, 0.2) is 0 Å². The summed E-state index contributed by atoms with van der Waals surface area (Å²) in [7, 11) is 0. The van der Waals surface area contributed by atoms with E-state index >= 15 is 0 Å². The van der Waals surface area contributed by atoms with E-state index in [1.165, 1.54) is 6.20 Å². The summed E-state index contributed by atoms with van der Waals surface area (Å²) in [5.74, 6) is -0.349. The standard InChI is InChI=1S/C13H10INO2/c14-12-7-6-11(8-15-12)13(16)17-9-10-4-2-1-3-5-10/h1-8H,9H2. The lowest BCUT2D eigenvalue weighted by atomic mass is 10.2. The van der Waals surface area contributed by atoms with Gasteiger partial charge in [-0.05, 0) is 40.3 Å². The SMILES string of the molecule is O=C(OCc1ccccc1)c1ccc(I)nc1. The van der Waals surface area contributed by atoms with E-state index in [0.717, 1.165) is 9.26 Å². The number of carbonyl (C=O) groups excluding carboxylic acids is 1. The Morgan fingerprint density at radius 1 is 1.18 bits per heavy atom. The predicted molar refractivity (Wildman–Crippen MR) is 72.5 cm³/mol. The fourth-order valence-electron chi connectivity index (χ4n) is 1.30. The van der Waals surface area contributed by atoms with Gasteiger partial charge >= 0.3 is 5.97 Å². The molecule has 0 aliphatic rings. The minimum absolute atomic E-state index is 0.283. The number of esters is 1. The van der Waals surface area contributed by atoms with Gasteiger partial charge in [0.05, 0.1) is 5.56 Å². The summed E-state index contributed by atoms with van der Waals surface area (Å²) in [5, 5.41) is 0. The van der Waals surface area contributed by atoms with E-state index in [-0.39, 0.29) is 12.6 Å². The van der Waals surface area contributed by atoms with Crippen LogP contribution in [0.2, 0.25) is 0 Å². The van der Waals surface area contributed by atoms with E-state index < -0.39 is 0 Å². The number of nitrogens with zero attached hydrogens (tertiary/aromatic N) is 1. The van der Waals surface area contributed by atoms with Crippen LogP contribution < -0.4 is 0 Å². The average molecular weight is 339 g/mol. The van der Waals surface area contributed by atoms with Crippen LogP contribution in [0.15, 0.2) is 48.7 Å². The second-order valence-corrected chi connectivity index (χ2v) is 4.54. The molecule has 0 spiro atoms. The number of pyridine rings is 1. The van der Waals surface area contributed by atoms with Crippen molar-refractivity contribution in [2.75, 3.05) is 0 Å². The zero-order valence-corrected chi connectivity index (χ0v) is 11.1. The van der Waals surface area contributed by atoms with E-state index in [2.05, 4.69) is 27.6 Å². The summed E-state index contributed by atoms with van der Waals surface area (Å²) in [6, 6.07) is 13.1. The van der Waals surface area contributed by atoms with Gasteiger partial charge in [0.1, 0.15) is 10.3 Å². The monoisotopic (exact) mass is 339 g/mol.